The number of ether oxygens (including phenoxy) is 1. The summed E-state index contributed by atoms with van der Waals surface area (Å²) in [5.74, 6) is 0.899. The number of aryl methyl sites for hydroxylation is 1. The lowest BCUT2D eigenvalue weighted by atomic mass is 9.99. The maximum atomic E-state index is 5.55. The average Bonchev–Trinajstić information content (AvgIpc) is 2.40. The highest BCUT2D eigenvalue weighted by Crippen LogP contribution is 2.27. The molecule has 2 aromatic carbocycles. The van der Waals surface area contributed by atoms with Gasteiger partial charge in [0, 0.05) is 0 Å². The molecule has 2 heteroatoms. The molecule has 0 amide bonds. The van der Waals surface area contributed by atoms with Crippen LogP contribution >= 0.6 is 0 Å². The second kappa shape index (κ2) is 5.69. The molecular formula is C16H19NO. The first kappa shape index (κ1) is 12.7. The van der Waals surface area contributed by atoms with Crippen LogP contribution in [0.5, 0.6) is 5.75 Å². The minimum absolute atomic E-state index is 0.695. The Kier molecular flexibility index (Phi) is 4.00. The fourth-order valence-corrected chi connectivity index (χ4v) is 2.10. The zero-order valence-electron chi connectivity index (χ0n) is 10.9. The van der Waals surface area contributed by atoms with Crippen molar-refractivity contribution in [1.29, 1.82) is 0 Å². The minimum atomic E-state index is 0.695. The van der Waals surface area contributed by atoms with Gasteiger partial charge in [-0.15, -0.1) is 0 Å². The van der Waals surface area contributed by atoms with E-state index in [0.29, 0.717) is 6.54 Å². The number of methoxy groups -OCH3 is 1. The van der Waals surface area contributed by atoms with Crippen molar-refractivity contribution < 1.29 is 4.74 Å². The number of benzene rings is 2. The van der Waals surface area contributed by atoms with Gasteiger partial charge in [0.25, 0.3) is 0 Å². The van der Waals surface area contributed by atoms with Gasteiger partial charge in [-0.3, -0.25) is 0 Å². The fourth-order valence-electron chi connectivity index (χ4n) is 2.10. The molecule has 0 aliphatic heterocycles. The van der Waals surface area contributed by atoms with E-state index in [-0.39, 0.29) is 0 Å². The monoisotopic (exact) mass is 241 g/mol. The van der Waals surface area contributed by atoms with Gasteiger partial charge in [0.1, 0.15) is 5.75 Å². The second-order valence-corrected chi connectivity index (χ2v) is 4.42. The fraction of sp³-hybridized carbons (Fsp3) is 0.250. The molecule has 0 unspecified atom stereocenters. The van der Waals surface area contributed by atoms with E-state index >= 15 is 0 Å². The van der Waals surface area contributed by atoms with Gasteiger partial charge in [0.2, 0.25) is 0 Å². The topological polar surface area (TPSA) is 35.2 Å². The molecule has 0 fully saturated rings. The number of rotatable bonds is 4. The summed E-state index contributed by atoms with van der Waals surface area (Å²) in [7, 11) is 1.69. The Labute approximate surface area is 108 Å². The molecule has 0 saturated carbocycles. The lowest BCUT2D eigenvalue weighted by molar-refractivity contribution is 0.414. The van der Waals surface area contributed by atoms with E-state index in [2.05, 4.69) is 43.3 Å². The van der Waals surface area contributed by atoms with Crippen LogP contribution in [0.4, 0.5) is 0 Å². The van der Waals surface area contributed by atoms with Gasteiger partial charge in [-0.2, -0.15) is 0 Å². The van der Waals surface area contributed by atoms with Gasteiger partial charge in [0.15, 0.2) is 0 Å². The molecule has 0 heterocycles. The van der Waals surface area contributed by atoms with E-state index in [1.165, 1.54) is 22.3 Å². The average molecular weight is 241 g/mol. The Hall–Kier alpha value is -1.80. The van der Waals surface area contributed by atoms with E-state index < -0.39 is 0 Å². The first-order valence-corrected chi connectivity index (χ1v) is 6.18. The van der Waals surface area contributed by atoms with Crippen LogP contribution in [0.25, 0.3) is 11.1 Å². The van der Waals surface area contributed by atoms with Crippen molar-refractivity contribution in [3.05, 3.63) is 53.6 Å². The molecule has 0 spiro atoms. The van der Waals surface area contributed by atoms with Crippen LogP contribution in [-0.2, 0) is 6.42 Å². The Bertz CT molecular complexity index is 517. The standard InChI is InChI=1S/C16H19NO/c1-12-11-15(18-2)7-8-16(12)14-5-3-13(4-6-14)9-10-17/h3-8,11H,9-10,17H2,1-2H3. The molecule has 0 bridgehead atoms. The molecule has 0 aromatic heterocycles. The summed E-state index contributed by atoms with van der Waals surface area (Å²) in [6, 6.07) is 14.8. The molecule has 18 heavy (non-hydrogen) atoms. The summed E-state index contributed by atoms with van der Waals surface area (Å²) in [5.41, 5.74) is 10.5. The Morgan fingerprint density at radius 1 is 1.06 bits per heavy atom. The van der Waals surface area contributed by atoms with Crippen LogP contribution < -0.4 is 10.5 Å². The summed E-state index contributed by atoms with van der Waals surface area (Å²) >= 11 is 0. The molecule has 0 atom stereocenters. The lowest BCUT2D eigenvalue weighted by Gasteiger charge is -2.09. The van der Waals surface area contributed by atoms with Gasteiger partial charge in [0.05, 0.1) is 7.11 Å². The summed E-state index contributed by atoms with van der Waals surface area (Å²) in [5, 5.41) is 0. The van der Waals surface area contributed by atoms with E-state index in [0.717, 1.165) is 12.2 Å². The number of nitrogens with two attached hydrogens (primary N) is 1. The molecule has 2 rings (SSSR count). The third-order valence-electron chi connectivity index (χ3n) is 3.13. The van der Waals surface area contributed by atoms with Crippen LogP contribution in [0.2, 0.25) is 0 Å². The van der Waals surface area contributed by atoms with Crippen LogP contribution in [0.1, 0.15) is 11.1 Å². The van der Waals surface area contributed by atoms with Crippen molar-refractivity contribution in [2.45, 2.75) is 13.3 Å². The largest absolute Gasteiger partial charge is 0.497 e. The van der Waals surface area contributed by atoms with Gasteiger partial charge >= 0.3 is 0 Å². The molecule has 0 saturated heterocycles. The molecule has 2 aromatic rings. The predicted octanol–water partition coefficient (Wildman–Crippen LogP) is 3.17. The van der Waals surface area contributed by atoms with Crippen molar-refractivity contribution in [2.75, 3.05) is 13.7 Å². The highest BCUT2D eigenvalue weighted by molar-refractivity contribution is 5.68. The molecule has 0 aliphatic carbocycles. The van der Waals surface area contributed by atoms with Gasteiger partial charge in [-0.25, -0.2) is 0 Å². The first-order valence-electron chi connectivity index (χ1n) is 6.18. The zero-order valence-corrected chi connectivity index (χ0v) is 10.9. The molecule has 94 valence electrons. The molecule has 0 aliphatic rings. The van der Waals surface area contributed by atoms with E-state index in [1.54, 1.807) is 7.11 Å². The molecule has 2 N–H and O–H groups in total. The first-order chi connectivity index (χ1) is 8.74. The number of hydrogen-bond acceptors (Lipinski definition) is 2. The normalized spacial score (nSPS) is 10.4. The Balaban J connectivity index is 2.30. The smallest absolute Gasteiger partial charge is 0.119 e. The summed E-state index contributed by atoms with van der Waals surface area (Å²) in [6.07, 6.45) is 0.932. The summed E-state index contributed by atoms with van der Waals surface area (Å²) in [4.78, 5) is 0. The summed E-state index contributed by atoms with van der Waals surface area (Å²) < 4.78 is 5.22. The number of hydrogen-bond donors (Lipinski definition) is 1. The summed E-state index contributed by atoms with van der Waals surface area (Å²) in [6.45, 7) is 2.80. The SMILES string of the molecule is COc1ccc(-c2ccc(CCN)cc2)c(C)c1. The van der Waals surface area contributed by atoms with Crippen molar-refractivity contribution in [3.63, 3.8) is 0 Å². The molecule has 2 nitrogen and oxygen atoms in total. The Morgan fingerprint density at radius 2 is 1.78 bits per heavy atom. The minimum Gasteiger partial charge on any atom is -0.497 e. The molecular weight excluding hydrogens is 222 g/mol. The predicted molar refractivity (Wildman–Crippen MR) is 75.9 cm³/mol. The van der Waals surface area contributed by atoms with Crippen LogP contribution in [0.15, 0.2) is 42.5 Å². The van der Waals surface area contributed by atoms with Crippen molar-refractivity contribution in [2.24, 2.45) is 5.73 Å². The highest BCUT2D eigenvalue weighted by atomic mass is 16.5. The van der Waals surface area contributed by atoms with Gasteiger partial charge in [-0.1, -0.05) is 30.3 Å². The maximum Gasteiger partial charge on any atom is 0.119 e. The van der Waals surface area contributed by atoms with Crippen molar-refractivity contribution in [1.82, 2.24) is 0 Å². The van der Waals surface area contributed by atoms with Crippen LogP contribution in [0, 0.1) is 6.92 Å². The third-order valence-corrected chi connectivity index (χ3v) is 3.13. The van der Waals surface area contributed by atoms with E-state index in [4.69, 9.17) is 10.5 Å². The third kappa shape index (κ3) is 2.71. The maximum absolute atomic E-state index is 5.55. The van der Waals surface area contributed by atoms with Gasteiger partial charge in [-0.05, 0) is 54.3 Å². The zero-order chi connectivity index (χ0) is 13.0. The van der Waals surface area contributed by atoms with Crippen LogP contribution in [0.3, 0.4) is 0 Å². The van der Waals surface area contributed by atoms with Crippen LogP contribution in [-0.4, -0.2) is 13.7 Å². The van der Waals surface area contributed by atoms with E-state index in [9.17, 15) is 0 Å². The lowest BCUT2D eigenvalue weighted by Crippen LogP contribution is -2.02. The van der Waals surface area contributed by atoms with E-state index in [1.807, 2.05) is 6.07 Å². The second-order valence-electron chi connectivity index (χ2n) is 4.42. The van der Waals surface area contributed by atoms with Crippen molar-refractivity contribution >= 4 is 0 Å². The van der Waals surface area contributed by atoms with Crippen molar-refractivity contribution in [3.8, 4) is 16.9 Å². The quantitative estimate of drug-likeness (QED) is 0.892. The molecule has 0 radical (unpaired) electrons. The van der Waals surface area contributed by atoms with Gasteiger partial charge < -0.3 is 10.5 Å². The Morgan fingerprint density at radius 3 is 2.33 bits per heavy atom. The highest BCUT2D eigenvalue weighted by Gasteiger charge is 2.03.